The zero-order chi connectivity index (χ0) is 8.55. The van der Waals surface area contributed by atoms with Gasteiger partial charge in [0.2, 0.25) is 0 Å². The van der Waals surface area contributed by atoms with E-state index in [9.17, 15) is 4.39 Å². The molecule has 0 radical (unpaired) electrons. The first kappa shape index (κ1) is 7.74. The Morgan fingerprint density at radius 1 is 1.58 bits per heavy atom. The average Bonchev–Trinajstić information content (AvgIpc) is 2.87. The highest BCUT2D eigenvalue weighted by atomic mass is 19.1. The van der Waals surface area contributed by atoms with Gasteiger partial charge in [0.25, 0.3) is 0 Å². The highest BCUT2D eigenvalue weighted by Gasteiger charge is 2.27. The first-order valence-corrected chi connectivity index (χ1v) is 4.21. The normalized spacial score (nSPS) is 21.0. The van der Waals surface area contributed by atoms with Crippen LogP contribution in [-0.4, -0.2) is 6.61 Å². The molecule has 64 valence electrons. The van der Waals surface area contributed by atoms with E-state index < -0.39 is 0 Å². The van der Waals surface area contributed by atoms with Crippen LogP contribution in [0, 0.1) is 5.82 Å². The zero-order valence-corrected chi connectivity index (χ0v) is 7.01. The molecule has 1 aliphatic heterocycles. The Labute approximate surface area is 71.2 Å². The molecule has 1 heterocycles. The Kier molecular flexibility index (Phi) is 1.85. The highest BCUT2D eigenvalue weighted by Crippen LogP contribution is 2.32. The molecule has 1 fully saturated rings. The van der Waals surface area contributed by atoms with Gasteiger partial charge in [0.15, 0.2) is 0 Å². The van der Waals surface area contributed by atoms with Crippen molar-refractivity contribution in [1.82, 2.24) is 0 Å². The summed E-state index contributed by atoms with van der Waals surface area (Å²) in [5, 5.41) is 0. The fourth-order valence-corrected chi connectivity index (χ4v) is 1.42. The molecule has 1 aliphatic rings. The molecule has 0 saturated carbocycles. The summed E-state index contributed by atoms with van der Waals surface area (Å²) in [6.07, 6.45) is 1.10. The van der Waals surface area contributed by atoms with Gasteiger partial charge in [0.05, 0.1) is 6.61 Å². The Morgan fingerprint density at radius 3 is 2.92 bits per heavy atom. The van der Waals surface area contributed by atoms with Crippen molar-refractivity contribution in [2.75, 3.05) is 6.61 Å². The summed E-state index contributed by atoms with van der Waals surface area (Å²) in [6.45, 7) is 2.82. The SMILES string of the molecule is CCc1ccc(F)cc1C1CO1. The van der Waals surface area contributed by atoms with Crippen molar-refractivity contribution in [2.45, 2.75) is 19.4 Å². The Morgan fingerprint density at radius 2 is 2.33 bits per heavy atom. The summed E-state index contributed by atoms with van der Waals surface area (Å²) in [4.78, 5) is 0. The smallest absolute Gasteiger partial charge is 0.123 e. The van der Waals surface area contributed by atoms with Crippen LogP contribution in [0.3, 0.4) is 0 Å². The number of ether oxygens (including phenoxy) is 1. The summed E-state index contributed by atoms with van der Waals surface area (Å²) >= 11 is 0. The lowest BCUT2D eigenvalue weighted by atomic mass is 10.0. The monoisotopic (exact) mass is 166 g/mol. The van der Waals surface area contributed by atoms with E-state index in [1.807, 2.05) is 6.07 Å². The van der Waals surface area contributed by atoms with Crippen LogP contribution in [0.15, 0.2) is 18.2 Å². The molecule has 1 aromatic carbocycles. The number of rotatable bonds is 2. The molecule has 0 N–H and O–H groups in total. The fraction of sp³-hybridized carbons (Fsp3) is 0.400. The second-order valence-electron chi connectivity index (χ2n) is 3.02. The van der Waals surface area contributed by atoms with E-state index in [4.69, 9.17) is 4.74 Å². The van der Waals surface area contributed by atoms with Gasteiger partial charge in [-0.3, -0.25) is 0 Å². The minimum absolute atomic E-state index is 0.163. The number of halogens is 1. The van der Waals surface area contributed by atoms with Gasteiger partial charge in [-0.25, -0.2) is 4.39 Å². The van der Waals surface area contributed by atoms with Crippen molar-refractivity contribution in [2.24, 2.45) is 0 Å². The maximum Gasteiger partial charge on any atom is 0.123 e. The van der Waals surface area contributed by atoms with E-state index in [-0.39, 0.29) is 11.9 Å². The summed E-state index contributed by atoms with van der Waals surface area (Å²) in [5.74, 6) is -0.169. The summed E-state index contributed by atoms with van der Waals surface area (Å²) in [6, 6.07) is 4.92. The molecule has 0 amide bonds. The predicted octanol–water partition coefficient (Wildman–Crippen LogP) is 2.46. The Bertz CT molecular complexity index is 292. The maximum absolute atomic E-state index is 12.8. The van der Waals surface area contributed by atoms with Gasteiger partial charge in [-0.15, -0.1) is 0 Å². The van der Waals surface area contributed by atoms with Crippen LogP contribution in [0.5, 0.6) is 0 Å². The van der Waals surface area contributed by atoms with Crippen molar-refractivity contribution in [3.63, 3.8) is 0 Å². The van der Waals surface area contributed by atoms with E-state index in [0.29, 0.717) is 0 Å². The van der Waals surface area contributed by atoms with Crippen LogP contribution in [0.1, 0.15) is 24.2 Å². The van der Waals surface area contributed by atoms with Crippen LogP contribution in [-0.2, 0) is 11.2 Å². The summed E-state index contributed by atoms with van der Waals surface area (Å²) in [5.41, 5.74) is 2.22. The standard InChI is InChI=1S/C10H11FO/c1-2-7-3-4-8(11)5-9(7)10-6-12-10/h3-5,10H,2,6H2,1H3. The maximum atomic E-state index is 12.8. The van der Waals surface area contributed by atoms with Crippen molar-refractivity contribution < 1.29 is 9.13 Å². The molecular weight excluding hydrogens is 155 g/mol. The van der Waals surface area contributed by atoms with Gasteiger partial charge in [-0.05, 0) is 29.7 Å². The molecule has 1 nitrogen and oxygen atoms in total. The van der Waals surface area contributed by atoms with Crippen molar-refractivity contribution in [3.05, 3.63) is 35.1 Å². The molecule has 0 bridgehead atoms. The number of aryl methyl sites for hydroxylation is 1. The second-order valence-corrected chi connectivity index (χ2v) is 3.02. The van der Waals surface area contributed by atoms with E-state index in [1.54, 1.807) is 6.07 Å². The van der Waals surface area contributed by atoms with Crippen molar-refractivity contribution in [3.8, 4) is 0 Å². The third-order valence-electron chi connectivity index (χ3n) is 2.17. The average molecular weight is 166 g/mol. The molecular formula is C10H11FO. The number of hydrogen-bond acceptors (Lipinski definition) is 1. The minimum Gasteiger partial charge on any atom is -0.368 e. The molecule has 1 unspecified atom stereocenters. The highest BCUT2D eigenvalue weighted by molar-refractivity contribution is 5.31. The van der Waals surface area contributed by atoms with Crippen LogP contribution in [0.4, 0.5) is 4.39 Å². The lowest BCUT2D eigenvalue weighted by molar-refractivity contribution is 0.413. The van der Waals surface area contributed by atoms with E-state index in [2.05, 4.69) is 6.92 Å². The van der Waals surface area contributed by atoms with Gasteiger partial charge < -0.3 is 4.74 Å². The zero-order valence-electron chi connectivity index (χ0n) is 7.01. The number of epoxide rings is 1. The molecule has 1 atom stereocenters. The Hall–Kier alpha value is -0.890. The first-order chi connectivity index (χ1) is 5.81. The van der Waals surface area contributed by atoms with Crippen LogP contribution in [0.2, 0.25) is 0 Å². The topological polar surface area (TPSA) is 12.5 Å². The van der Waals surface area contributed by atoms with Gasteiger partial charge in [-0.1, -0.05) is 13.0 Å². The largest absolute Gasteiger partial charge is 0.368 e. The lowest BCUT2D eigenvalue weighted by Gasteiger charge is -2.03. The number of hydrogen-bond donors (Lipinski definition) is 0. The first-order valence-electron chi connectivity index (χ1n) is 4.21. The van der Waals surface area contributed by atoms with E-state index in [1.165, 1.54) is 11.6 Å². The van der Waals surface area contributed by atoms with Crippen molar-refractivity contribution >= 4 is 0 Å². The van der Waals surface area contributed by atoms with Crippen LogP contribution < -0.4 is 0 Å². The summed E-state index contributed by atoms with van der Waals surface area (Å²) < 4.78 is 17.9. The van der Waals surface area contributed by atoms with Gasteiger partial charge >= 0.3 is 0 Å². The third kappa shape index (κ3) is 1.34. The third-order valence-corrected chi connectivity index (χ3v) is 2.17. The van der Waals surface area contributed by atoms with E-state index in [0.717, 1.165) is 18.6 Å². The quantitative estimate of drug-likeness (QED) is 0.615. The predicted molar refractivity (Wildman–Crippen MR) is 44.5 cm³/mol. The fourth-order valence-electron chi connectivity index (χ4n) is 1.42. The molecule has 12 heavy (non-hydrogen) atoms. The molecule has 1 aromatic rings. The van der Waals surface area contributed by atoms with Crippen molar-refractivity contribution in [1.29, 1.82) is 0 Å². The summed E-state index contributed by atoms with van der Waals surface area (Å²) in [7, 11) is 0. The second kappa shape index (κ2) is 2.87. The van der Waals surface area contributed by atoms with Gasteiger partial charge in [0, 0.05) is 0 Å². The molecule has 2 heteroatoms. The molecule has 1 saturated heterocycles. The van der Waals surface area contributed by atoms with E-state index >= 15 is 0 Å². The van der Waals surface area contributed by atoms with Crippen LogP contribution >= 0.6 is 0 Å². The molecule has 0 aromatic heterocycles. The molecule has 0 aliphatic carbocycles. The molecule has 2 rings (SSSR count). The number of benzene rings is 1. The molecule has 0 spiro atoms. The van der Waals surface area contributed by atoms with Gasteiger partial charge in [-0.2, -0.15) is 0 Å². The van der Waals surface area contributed by atoms with Crippen LogP contribution in [0.25, 0.3) is 0 Å². The lowest BCUT2D eigenvalue weighted by Crippen LogP contribution is -1.91. The minimum atomic E-state index is -0.169. The van der Waals surface area contributed by atoms with Gasteiger partial charge in [0.1, 0.15) is 11.9 Å². The Balaban J connectivity index is 2.39.